The molecule has 0 radical (unpaired) electrons. The molecule has 0 amide bonds. The Hall–Kier alpha value is -0.870. The number of benzene rings is 1. The van der Waals surface area contributed by atoms with E-state index in [1.54, 1.807) is 0 Å². The molecule has 2 aromatic heterocycles. The maximum absolute atomic E-state index is 4.41. The van der Waals surface area contributed by atoms with Gasteiger partial charge in [0.25, 0.3) is 0 Å². The SMILES string of the molecule is Brc1ccc2c(c1)[nH]c1cc(Br)cnc12. The van der Waals surface area contributed by atoms with Gasteiger partial charge >= 0.3 is 0 Å². The van der Waals surface area contributed by atoms with Gasteiger partial charge in [0, 0.05) is 26.0 Å². The molecule has 0 atom stereocenters. The van der Waals surface area contributed by atoms with Crippen LogP contribution in [0.3, 0.4) is 0 Å². The van der Waals surface area contributed by atoms with Crippen LogP contribution in [0.25, 0.3) is 21.9 Å². The minimum Gasteiger partial charge on any atom is -0.353 e. The van der Waals surface area contributed by atoms with E-state index < -0.39 is 0 Å². The Labute approximate surface area is 103 Å². The van der Waals surface area contributed by atoms with Crippen molar-refractivity contribution in [2.45, 2.75) is 0 Å². The number of rotatable bonds is 0. The Morgan fingerprint density at radius 1 is 1.00 bits per heavy atom. The standard InChI is InChI=1S/C11H6Br2N2/c12-6-1-2-8-9(3-6)15-10-4-7(13)5-14-11(8)10/h1-5,15H. The van der Waals surface area contributed by atoms with Gasteiger partial charge in [-0.05, 0) is 40.2 Å². The minimum atomic E-state index is 0.987. The largest absolute Gasteiger partial charge is 0.353 e. The number of halogens is 2. The molecule has 15 heavy (non-hydrogen) atoms. The summed E-state index contributed by atoms with van der Waals surface area (Å²) in [4.78, 5) is 7.74. The topological polar surface area (TPSA) is 28.7 Å². The third kappa shape index (κ3) is 1.48. The smallest absolute Gasteiger partial charge is 0.0958 e. The van der Waals surface area contributed by atoms with E-state index in [-0.39, 0.29) is 0 Å². The minimum absolute atomic E-state index is 0.987. The second kappa shape index (κ2) is 3.32. The van der Waals surface area contributed by atoms with Crippen molar-refractivity contribution < 1.29 is 0 Å². The molecule has 0 saturated carbocycles. The number of fused-ring (bicyclic) bond motifs is 3. The van der Waals surface area contributed by atoms with Gasteiger partial charge in [-0.15, -0.1) is 0 Å². The lowest BCUT2D eigenvalue weighted by Gasteiger charge is -1.91. The Morgan fingerprint density at radius 2 is 1.80 bits per heavy atom. The van der Waals surface area contributed by atoms with E-state index in [2.05, 4.69) is 54.0 Å². The van der Waals surface area contributed by atoms with Crippen LogP contribution in [-0.2, 0) is 0 Å². The summed E-state index contributed by atoms with van der Waals surface area (Å²) < 4.78 is 2.06. The number of aromatic amines is 1. The molecule has 2 nitrogen and oxygen atoms in total. The summed E-state index contributed by atoms with van der Waals surface area (Å²) >= 11 is 6.87. The summed E-state index contributed by atoms with van der Waals surface area (Å²) in [5, 5.41) is 1.15. The predicted octanol–water partition coefficient (Wildman–Crippen LogP) is 4.24. The summed E-state index contributed by atoms with van der Waals surface area (Å²) in [7, 11) is 0. The number of hydrogen-bond acceptors (Lipinski definition) is 1. The van der Waals surface area contributed by atoms with Gasteiger partial charge in [-0.25, -0.2) is 0 Å². The van der Waals surface area contributed by atoms with Crippen LogP contribution in [-0.4, -0.2) is 9.97 Å². The predicted molar refractivity (Wildman–Crippen MR) is 69.0 cm³/mol. The van der Waals surface area contributed by atoms with Crippen LogP contribution in [0, 0.1) is 0 Å². The molecule has 1 N–H and O–H groups in total. The quantitative estimate of drug-likeness (QED) is 0.658. The zero-order valence-electron chi connectivity index (χ0n) is 7.59. The van der Waals surface area contributed by atoms with Gasteiger partial charge in [0.05, 0.1) is 11.0 Å². The Kier molecular flexibility index (Phi) is 2.07. The highest BCUT2D eigenvalue weighted by Gasteiger charge is 2.05. The molecule has 0 aliphatic heterocycles. The van der Waals surface area contributed by atoms with Crippen molar-refractivity contribution in [2.75, 3.05) is 0 Å². The van der Waals surface area contributed by atoms with Crippen molar-refractivity contribution in [1.29, 1.82) is 0 Å². The normalized spacial score (nSPS) is 11.3. The molecule has 2 heterocycles. The van der Waals surface area contributed by atoms with Gasteiger partial charge in [-0.2, -0.15) is 0 Å². The van der Waals surface area contributed by atoms with Gasteiger partial charge < -0.3 is 4.98 Å². The fourth-order valence-corrected chi connectivity index (χ4v) is 2.41. The van der Waals surface area contributed by atoms with Crippen LogP contribution in [0.1, 0.15) is 0 Å². The molecule has 0 unspecified atom stereocenters. The van der Waals surface area contributed by atoms with Crippen LogP contribution in [0.15, 0.2) is 39.4 Å². The summed E-state index contributed by atoms with van der Waals surface area (Å²) in [5.41, 5.74) is 3.17. The van der Waals surface area contributed by atoms with Crippen molar-refractivity contribution >= 4 is 53.8 Å². The summed E-state index contributed by atoms with van der Waals surface area (Å²) in [5.74, 6) is 0. The third-order valence-electron chi connectivity index (χ3n) is 2.36. The highest BCUT2D eigenvalue weighted by molar-refractivity contribution is 9.10. The van der Waals surface area contributed by atoms with E-state index in [1.807, 2.05) is 18.3 Å². The first kappa shape index (κ1) is 9.36. The molecule has 0 fully saturated rings. The first-order chi connectivity index (χ1) is 7.24. The molecule has 4 heteroatoms. The summed E-state index contributed by atoms with van der Waals surface area (Å²) in [6, 6.07) is 8.19. The number of pyridine rings is 1. The molecule has 0 bridgehead atoms. The zero-order valence-corrected chi connectivity index (χ0v) is 10.8. The fraction of sp³-hybridized carbons (Fsp3) is 0. The van der Waals surface area contributed by atoms with Crippen LogP contribution in [0.4, 0.5) is 0 Å². The van der Waals surface area contributed by atoms with Gasteiger partial charge in [0.15, 0.2) is 0 Å². The van der Waals surface area contributed by atoms with Crippen molar-refractivity contribution in [3.05, 3.63) is 39.4 Å². The third-order valence-corrected chi connectivity index (χ3v) is 3.29. The first-order valence-electron chi connectivity index (χ1n) is 4.46. The van der Waals surface area contributed by atoms with E-state index in [9.17, 15) is 0 Å². The van der Waals surface area contributed by atoms with Crippen molar-refractivity contribution in [3.8, 4) is 0 Å². The number of nitrogens with one attached hydrogen (secondary N) is 1. The number of H-pyrrole nitrogens is 1. The summed E-state index contributed by atoms with van der Waals surface area (Å²) in [6.07, 6.45) is 1.82. The van der Waals surface area contributed by atoms with Crippen LogP contribution in [0.2, 0.25) is 0 Å². The Bertz CT molecular complexity index is 602. The molecule has 1 aromatic carbocycles. The molecule has 0 aliphatic rings. The summed E-state index contributed by atoms with van der Waals surface area (Å²) in [6.45, 7) is 0. The highest BCUT2D eigenvalue weighted by atomic mass is 79.9. The first-order valence-corrected chi connectivity index (χ1v) is 6.05. The van der Waals surface area contributed by atoms with E-state index in [0.717, 1.165) is 30.9 Å². The second-order valence-electron chi connectivity index (χ2n) is 3.36. The molecule has 3 rings (SSSR count). The van der Waals surface area contributed by atoms with E-state index in [4.69, 9.17) is 0 Å². The van der Waals surface area contributed by atoms with Crippen molar-refractivity contribution in [1.82, 2.24) is 9.97 Å². The van der Waals surface area contributed by atoms with Crippen LogP contribution in [0.5, 0.6) is 0 Å². The van der Waals surface area contributed by atoms with E-state index >= 15 is 0 Å². The number of hydrogen-bond donors (Lipinski definition) is 1. The van der Waals surface area contributed by atoms with Crippen LogP contribution < -0.4 is 0 Å². The fourth-order valence-electron chi connectivity index (χ4n) is 1.72. The maximum atomic E-state index is 4.41. The lowest BCUT2D eigenvalue weighted by Crippen LogP contribution is -1.73. The molecular weight excluding hydrogens is 320 g/mol. The number of nitrogens with zero attached hydrogens (tertiary/aromatic N) is 1. The van der Waals surface area contributed by atoms with Gasteiger partial charge in [-0.1, -0.05) is 15.9 Å². The zero-order chi connectivity index (χ0) is 10.4. The maximum Gasteiger partial charge on any atom is 0.0958 e. The second-order valence-corrected chi connectivity index (χ2v) is 5.20. The van der Waals surface area contributed by atoms with Gasteiger partial charge in [0.1, 0.15) is 0 Å². The Balaban J connectivity index is 2.51. The van der Waals surface area contributed by atoms with E-state index in [0.29, 0.717) is 0 Å². The molecule has 0 aliphatic carbocycles. The lowest BCUT2D eigenvalue weighted by molar-refractivity contribution is 1.39. The molecule has 3 aromatic rings. The molecular formula is C11H6Br2N2. The molecule has 0 saturated heterocycles. The molecule has 74 valence electrons. The average Bonchev–Trinajstić information content (AvgIpc) is 2.53. The lowest BCUT2D eigenvalue weighted by atomic mass is 10.2. The van der Waals surface area contributed by atoms with Crippen LogP contribution >= 0.6 is 31.9 Å². The van der Waals surface area contributed by atoms with Crippen molar-refractivity contribution in [2.24, 2.45) is 0 Å². The molecule has 0 spiro atoms. The van der Waals surface area contributed by atoms with Gasteiger partial charge in [0.2, 0.25) is 0 Å². The van der Waals surface area contributed by atoms with E-state index in [1.165, 1.54) is 0 Å². The average molecular weight is 326 g/mol. The van der Waals surface area contributed by atoms with Gasteiger partial charge in [-0.3, -0.25) is 4.98 Å². The number of aromatic nitrogens is 2. The van der Waals surface area contributed by atoms with Crippen molar-refractivity contribution in [3.63, 3.8) is 0 Å². The highest BCUT2D eigenvalue weighted by Crippen LogP contribution is 2.27. The monoisotopic (exact) mass is 324 g/mol. The Morgan fingerprint density at radius 3 is 2.67 bits per heavy atom.